The molecule has 7 N–H and O–H groups in total. The van der Waals surface area contributed by atoms with Crippen molar-refractivity contribution in [1.29, 1.82) is 0 Å². The third kappa shape index (κ3) is 33.9. The lowest BCUT2D eigenvalue weighted by Gasteiger charge is -2.41. The first kappa shape index (κ1) is 61.8. The van der Waals surface area contributed by atoms with Gasteiger partial charge >= 0.3 is 10.4 Å². The highest BCUT2D eigenvalue weighted by atomic mass is 32.3. The third-order valence-electron chi connectivity index (χ3n) is 12.9. The number of allylic oxidation sites excluding steroid dienone is 2. The van der Waals surface area contributed by atoms with E-state index in [0.29, 0.717) is 19.3 Å². The second-order valence-corrected chi connectivity index (χ2v) is 20.0. The lowest BCUT2D eigenvalue weighted by molar-refractivity contribution is -0.298. The molecule has 8 atom stereocenters. The highest BCUT2D eigenvalue weighted by Gasteiger charge is 2.48. The molecule has 0 radical (unpaired) electrons. The molecule has 0 aromatic carbocycles. The van der Waals surface area contributed by atoms with Gasteiger partial charge in [0.15, 0.2) is 6.29 Å². The molecule has 8 unspecified atom stereocenters. The van der Waals surface area contributed by atoms with Crippen molar-refractivity contribution in [3.05, 3.63) is 12.2 Å². The highest BCUT2D eigenvalue weighted by molar-refractivity contribution is 7.80. The van der Waals surface area contributed by atoms with Gasteiger partial charge in [-0.3, -0.25) is 9.35 Å². The van der Waals surface area contributed by atoms with Crippen LogP contribution in [0.5, 0.6) is 0 Å². The van der Waals surface area contributed by atoms with Crippen LogP contribution in [0.3, 0.4) is 0 Å². The van der Waals surface area contributed by atoms with Crippen molar-refractivity contribution < 1.29 is 57.0 Å². The van der Waals surface area contributed by atoms with E-state index in [-0.39, 0.29) is 6.42 Å². The maximum absolute atomic E-state index is 13.2. The van der Waals surface area contributed by atoms with Crippen LogP contribution >= 0.6 is 0 Å². The zero-order valence-electron chi connectivity index (χ0n) is 41.2. The molecule has 1 aliphatic heterocycles. The lowest BCUT2D eigenvalue weighted by atomic mass is 9.99. The van der Waals surface area contributed by atoms with Gasteiger partial charge in [-0.2, -0.15) is 8.42 Å². The standard InChI is InChI=1S/C51H99NO12S/c1-3-5-7-9-11-13-15-17-19-21-22-24-26-28-30-32-34-36-38-40-45(55)50(58)52-43(42-62-51-48(57)49(64-65(59,60)61)47(56)46(41-53)63-51)44(54)39-37-35-33-31-29-27-25-23-20-18-16-14-12-10-8-6-4-2/h22,24,43-49,51,53-57H,3-21,23,25-42H2,1-2H3,(H,52,58)(H,59,60,61)/b24-22-. The second kappa shape index (κ2) is 41.7. The molecule has 0 bridgehead atoms. The average Bonchev–Trinajstić information content (AvgIpc) is 3.28. The van der Waals surface area contributed by atoms with Crippen LogP contribution < -0.4 is 5.32 Å². The Hall–Kier alpha value is -1.20. The number of unbranched alkanes of at least 4 members (excludes halogenated alkanes) is 31. The Morgan fingerprint density at radius 2 is 0.985 bits per heavy atom. The number of nitrogens with one attached hydrogen (secondary N) is 1. The number of ether oxygens (including phenoxy) is 2. The van der Waals surface area contributed by atoms with Gasteiger partial charge in [-0.15, -0.1) is 0 Å². The first-order valence-electron chi connectivity index (χ1n) is 26.7. The monoisotopic (exact) mass is 950 g/mol. The number of carbonyl (C=O) groups excluding carboxylic acids is 1. The van der Waals surface area contributed by atoms with Crippen LogP contribution in [0.25, 0.3) is 0 Å². The maximum atomic E-state index is 13.2. The summed E-state index contributed by atoms with van der Waals surface area (Å²) in [6, 6.07) is -1.03. The highest BCUT2D eigenvalue weighted by Crippen LogP contribution is 2.26. The van der Waals surface area contributed by atoms with Crippen molar-refractivity contribution >= 4 is 16.3 Å². The van der Waals surface area contributed by atoms with E-state index in [0.717, 1.165) is 57.8 Å². The van der Waals surface area contributed by atoms with Gasteiger partial charge in [-0.05, 0) is 38.5 Å². The number of carbonyl (C=O) groups is 1. The topological polar surface area (TPSA) is 212 Å². The van der Waals surface area contributed by atoms with Crippen LogP contribution in [0.15, 0.2) is 12.2 Å². The molecule has 1 rings (SSSR count). The minimum absolute atomic E-state index is 0.255. The van der Waals surface area contributed by atoms with Crippen molar-refractivity contribution in [3.63, 3.8) is 0 Å². The molecule has 1 aliphatic rings. The minimum Gasteiger partial charge on any atom is -0.394 e. The number of amides is 1. The second-order valence-electron chi connectivity index (χ2n) is 19.0. The smallest absolute Gasteiger partial charge is 0.394 e. The normalized spacial score (nSPS) is 20.6. The molecule has 386 valence electrons. The van der Waals surface area contributed by atoms with E-state index in [1.165, 1.54) is 148 Å². The quantitative estimate of drug-likeness (QED) is 0.0173. The van der Waals surface area contributed by atoms with Gasteiger partial charge in [0, 0.05) is 0 Å². The molecule has 0 spiro atoms. The predicted molar refractivity (Wildman–Crippen MR) is 261 cm³/mol. The Morgan fingerprint density at radius 1 is 0.600 bits per heavy atom. The molecule has 0 aliphatic carbocycles. The molecule has 1 fully saturated rings. The van der Waals surface area contributed by atoms with Crippen molar-refractivity contribution in [2.75, 3.05) is 13.2 Å². The zero-order chi connectivity index (χ0) is 47.8. The van der Waals surface area contributed by atoms with Gasteiger partial charge in [-0.1, -0.05) is 219 Å². The molecule has 0 aromatic heterocycles. The molecule has 14 heteroatoms. The summed E-state index contributed by atoms with van der Waals surface area (Å²) >= 11 is 0. The molecular formula is C51H99NO12S. The summed E-state index contributed by atoms with van der Waals surface area (Å²) < 4.78 is 47.7. The maximum Gasteiger partial charge on any atom is 0.397 e. The van der Waals surface area contributed by atoms with Crippen molar-refractivity contribution in [1.82, 2.24) is 5.32 Å². The molecule has 1 amide bonds. The molecule has 65 heavy (non-hydrogen) atoms. The van der Waals surface area contributed by atoms with Crippen molar-refractivity contribution in [2.45, 2.75) is 294 Å². The molecule has 1 heterocycles. The summed E-state index contributed by atoms with van der Waals surface area (Å²) in [6.45, 7) is 3.31. The molecule has 0 saturated carbocycles. The summed E-state index contributed by atoms with van der Waals surface area (Å²) in [5, 5.41) is 55.6. The van der Waals surface area contributed by atoms with E-state index in [9.17, 15) is 43.3 Å². The fourth-order valence-electron chi connectivity index (χ4n) is 8.70. The Bertz CT molecular complexity index is 1230. The first-order valence-corrected chi connectivity index (χ1v) is 28.0. The minimum atomic E-state index is -5.11. The summed E-state index contributed by atoms with van der Waals surface area (Å²) in [5.41, 5.74) is 0. The van der Waals surface area contributed by atoms with E-state index < -0.39 is 78.5 Å². The number of aliphatic hydroxyl groups excluding tert-OH is 5. The fraction of sp³-hybridized carbons (Fsp3) is 0.941. The first-order chi connectivity index (χ1) is 31.4. The summed E-state index contributed by atoms with van der Waals surface area (Å²) in [7, 11) is -5.11. The van der Waals surface area contributed by atoms with Crippen LogP contribution in [0.1, 0.15) is 245 Å². The summed E-state index contributed by atoms with van der Waals surface area (Å²) in [5.74, 6) is -0.671. The van der Waals surface area contributed by atoms with Crippen LogP contribution in [-0.2, 0) is 28.9 Å². The van der Waals surface area contributed by atoms with E-state index in [2.05, 4.69) is 35.5 Å². The Balaban J connectivity index is 2.47. The summed E-state index contributed by atoms with van der Waals surface area (Å²) in [6.07, 6.45) is 35.3. The summed E-state index contributed by atoms with van der Waals surface area (Å²) in [4.78, 5) is 13.2. The van der Waals surface area contributed by atoms with Crippen molar-refractivity contribution in [2.24, 2.45) is 0 Å². The number of aliphatic hydroxyl groups is 5. The third-order valence-corrected chi connectivity index (χ3v) is 13.4. The molecule has 1 saturated heterocycles. The average molecular weight is 950 g/mol. The van der Waals surface area contributed by atoms with E-state index in [1.54, 1.807) is 0 Å². The van der Waals surface area contributed by atoms with Gasteiger partial charge in [-0.25, -0.2) is 4.18 Å². The van der Waals surface area contributed by atoms with Crippen LogP contribution in [0.2, 0.25) is 0 Å². The van der Waals surface area contributed by atoms with Gasteiger partial charge in [0.25, 0.3) is 0 Å². The van der Waals surface area contributed by atoms with E-state index in [1.807, 2.05) is 0 Å². The predicted octanol–water partition coefficient (Wildman–Crippen LogP) is 10.5. The van der Waals surface area contributed by atoms with Gasteiger partial charge in [0.1, 0.15) is 30.5 Å². The number of hydrogen-bond acceptors (Lipinski definition) is 11. The largest absolute Gasteiger partial charge is 0.397 e. The molecular weight excluding hydrogens is 851 g/mol. The number of rotatable bonds is 46. The van der Waals surface area contributed by atoms with Crippen molar-refractivity contribution in [3.8, 4) is 0 Å². The zero-order valence-corrected chi connectivity index (χ0v) is 42.0. The van der Waals surface area contributed by atoms with Gasteiger partial charge < -0.3 is 40.3 Å². The fourth-order valence-corrected chi connectivity index (χ4v) is 9.21. The Kier molecular flexibility index (Phi) is 39.7. The van der Waals surface area contributed by atoms with E-state index >= 15 is 0 Å². The van der Waals surface area contributed by atoms with Crippen LogP contribution in [0, 0.1) is 0 Å². The van der Waals surface area contributed by atoms with E-state index in [4.69, 9.17) is 9.47 Å². The Morgan fingerprint density at radius 3 is 1.38 bits per heavy atom. The van der Waals surface area contributed by atoms with Crippen LogP contribution in [-0.4, -0.2) is 107 Å². The lowest BCUT2D eigenvalue weighted by Crippen LogP contribution is -2.61. The van der Waals surface area contributed by atoms with Gasteiger partial charge in [0.05, 0.1) is 25.4 Å². The van der Waals surface area contributed by atoms with Gasteiger partial charge in [0.2, 0.25) is 5.91 Å². The molecule has 0 aromatic rings. The number of hydrogen-bond donors (Lipinski definition) is 7. The molecule has 13 nitrogen and oxygen atoms in total. The van der Waals surface area contributed by atoms with Crippen LogP contribution in [0.4, 0.5) is 0 Å². The Labute approximate surface area is 396 Å². The SMILES string of the molecule is CCCCCCCCCCC/C=C\CCCCCCCCC(O)C(=O)NC(COC1OC(CO)C(O)C(OS(=O)(=O)O)C1O)C(O)CCCCCCCCCCCCCCCCCCC.